The van der Waals surface area contributed by atoms with Gasteiger partial charge in [0.25, 0.3) is 5.97 Å². The molecule has 0 spiro atoms. The third-order valence-corrected chi connectivity index (χ3v) is 3.91. The predicted molar refractivity (Wildman–Crippen MR) is 97.6 cm³/mol. The molecule has 1 aliphatic heterocycles. The van der Waals surface area contributed by atoms with E-state index in [1.54, 1.807) is 17.0 Å². The van der Waals surface area contributed by atoms with Crippen molar-refractivity contribution in [1.29, 1.82) is 5.41 Å². The minimum absolute atomic E-state index is 0.0234. The number of nitrogens with zero attached hydrogens (tertiary/aromatic N) is 1. The van der Waals surface area contributed by atoms with E-state index in [4.69, 9.17) is 21.0 Å². The Morgan fingerprint density at radius 2 is 1.88 bits per heavy atom. The van der Waals surface area contributed by atoms with Crippen LogP contribution in [0.25, 0.3) is 0 Å². The molecule has 1 fully saturated rings. The molecule has 8 nitrogen and oxygen atoms in total. The molecule has 1 atom stereocenters. The highest BCUT2D eigenvalue weighted by Crippen LogP contribution is 2.18. The van der Waals surface area contributed by atoms with Crippen LogP contribution in [0.2, 0.25) is 0 Å². The third kappa shape index (κ3) is 6.54. The number of likely N-dealkylation sites (tertiary alicyclic amines) is 1. The van der Waals surface area contributed by atoms with E-state index in [0.29, 0.717) is 25.1 Å². The summed E-state index contributed by atoms with van der Waals surface area (Å²) >= 11 is 0. The zero-order chi connectivity index (χ0) is 19.7. The van der Waals surface area contributed by atoms with Gasteiger partial charge < -0.3 is 21.1 Å². The molecule has 1 aromatic rings. The SMILES string of the molecule is CC(=O)O.CCC(=O)N1CCC[C@H]1C(=O)NCc1ccc(C(=N)N)cc1. The van der Waals surface area contributed by atoms with E-state index in [1.165, 1.54) is 0 Å². The molecule has 0 radical (unpaired) electrons. The van der Waals surface area contributed by atoms with Crippen LogP contribution in [0.4, 0.5) is 0 Å². The molecule has 0 saturated carbocycles. The largest absolute Gasteiger partial charge is 0.481 e. The first kappa shape index (κ1) is 21.1. The van der Waals surface area contributed by atoms with Gasteiger partial charge in [-0.25, -0.2) is 0 Å². The summed E-state index contributed by atoms with van der Waals surface area (Å²) in [6.07, 6.45) is 2.02. The summed E-state index contributed by atoms with van der Waals surface area (Å²) in [5.41, 5.74) is 6.99. The maximum atomic E-state index is 12.3. The van der Waals surface area contributed by atoms with Gasteiger partial charge in [-0.3, -0.25) is 19.8 Å². The molecule has 142 valence electrons. The number of rotatable bonds is 5. The van der Waals surface area contributed by atoms with E-state index in [0.717, 1.165) is 25.3 Å². The summed E-state index contributed by atoms with van der Waals surface area (Å²) < 4.78 is 0. The zero-order valence-corrected chi connectivity index (χ0v) is 15.1. The van der Waals surface area contributed by atoms with Crippen molar-refractivity contribution in [2.24, 2.45) is 5.73 Å². The summed E-state index contributed by atoms with van der Waals surface area (Å²) in [4.78, 5) is 34.8. The molecule has 26 heavy (non-hydrogen) atoms. The van der Waals surface area contributed by atoms with Gasteiger partial charge in [0.2, 0.25) is 11.8 Å². The minimum atomic E-state index is -0.833. The van der Waals surface area contributed by atoms with Crippen molar-refractivity contribution < 1.29 is 19.5 Å². The Balaban J connectivity index is 0.000000765. The number of nitrogens with one attached hydrogen (secondary N) is 2. The van der Waals surface area contributed by atoms with Gasteiger partial charge in [-0.2, -0.15) is 0 Å². The number of nitrogens with two attached hydrogens (primary N) is 1. The molecule has 0 aliphatic carbocycles. The molecule has 1 heterocycles. The molecule has 8 heteroatoms. The minimum Gasteiger partial charge on any atom is -0.481 e. The van der Waals surface area contributed by atoms with Crippen LogP contribution < -0.4 is 11.1 Å². The van der Waals surface area contributed by atoms with Gasteiger partial charge in [0.15, 0.2) is 0 Å². The molecular formula is C18H26N4O4. The first-order chi connectivity index (χ1) is 12.3. The summed E-state index contributed by atoms with van der Waals surface area (Å²) in [5.74, 6) is -0.881. The lowest BCUT2D eigenvalue weighted by atomic mass is 10.1. The Labute approximate surface area is 152 Å². The van der Waals surface area contributed by atoms with Crippen LogP contribution in [-0.4, -0.2) is 46.2 Å². The van der Waals surface area contributed by atoms with Gasteiger partial charge in [0.1, 0.15) is 11.9 Å². The van der Waals surface area contributed by atoms with E-state index in [9.17, 15) is 9.59 Å². The number of amidine groups is 1. The van der Waals surface area contributed by atoms with Gasteiger partial charge in [-0.05, 0) is 18.4 Å². The molecule has 1 aromatic carbocycles. The number of carboxylic acids is 1. The normalized spacial score (nSPS) is 15.6. The number of carbonyl (C=O) groups excluding carboxylic acids is 2. The van der Waals surface area contributed by atoms with Crippen molar-refractivity contribution in [3.05, 3.63) is 35.4 Å². The number of aliphatic carboxylic acids is 1. The van der Waals surface area contributed by atoms with E-state index < -0.39 is 5.97 Å². The van der Waals surface area contributed by atoms with Gasteiger partial charge in [0, 0.05) is 32.0 Å². The van der Waals surface area contributed by atoms with Crippen molar-refractivity contribution in [2.45, 2.75) is 45.7 Å². The molecule has 1 saturated heterocycles. The van der Waals surface area contributed by atoms with E-state index in [1.807, 2.05) is 19.1 Å². The summed E-state index contributed by atoms with van der Waals surface area (Å²) in [6.45, 7) is 3.96. The number of carbonyl (C=O) groups is 3. The molecule has 0 aromatic heterocycles. The molecule has 0 unspecified atom stereocenters. The topological polar surface area (TPSA) is 137 Å². The highest BCUT2D eigenvalue weighted by Gasteiger charge is 2.32. The second-order valence-corrected chi connectivity index (χ2v) is 5.95. The smallest absolute Gasteiger partial charge is 0.300 e. The van der Waals surface area contributed by atoms with Gasteiger partial charge >= 0.3 is 0 Å². The Bertz CT molecular complexity index is 654. The van der Waals surface area contributed by atoms with Crippen molar-refractivity contribution >= 4 is 23.6 Å². The first-order valence-electron chi connectivity index (χ1n) is 8.46. The van der Waals surface area contributed by atoms with Crippen LogP contribution in [0, 0.1) is 5.41 Å². The third-order valence-electron chi connectivity index (χ3n) is 3.91. The van der Waals surface area contributed by atoms with E-state index >= 15 is 0 Å². The molecule has 2 amide bonds. The summed E-state index contributed by atoms with van der Waals surface area (Å²) in [5, 5.41) is 17.6. The van der Waals surface area contributed by atoms with Crippen molar-refractivity contribution in [2.75, 3.05) is 6.54 Å². The molecule has 2 rings (SSSR count). The highest BCUT2D eigenvalue weighted by atomic mass is 16.4. The standard InChI is InChI=1S/C16H22N4O2.C2H4O2/c1-2-14(21)20-9-3-4-13(20)16(22)19-10-11-5-7-12(8-6-11)15(17)18;1-2(3)4/h5-8,13H,2-4,9-10H2,1H3,(H3,17,18)(H,19,22);1H3,(H,3,4)/t13-;/m0./s1. The fourth-order valence-corrected chi connectivity index (χ4v) is 2.65. The summed E-state index contributed by atoms with van der Waals surface area (Å²) in [7, 11) is 0. The van der Waals surface area contributed by atoms with Crippen LogP contribution in [-0.2, 0) is 20.9 Å². The quantitative estimate of drug-likeness (QED) is 0.459. The van der Waals surface area contributed by atoms with Crippen LogP contribution >= 0.6 is 0 Å². The van der Waals surface area contributed by atoms with Crippen LogP contribution in [0.3, 0.4) is 0 Å². The number of amides is 2. The highest BCUT2D eigenvalue weighted by molar-refractivity contribution is 5.94. The van der Waals surface area contributed by atoms with Crippen molar-refractivity contribution in [1.82, 2.24) is 10.2 Å². The zero-order valence-electron chi connectivity index (χ0n) is 15.1. The average Bonchev–Trinajstić information content (AvgIpc) is 3.08. The van der Waals surface area contributed by atoms with E-state index in [-0.39, 0.29) is 23.7 Å². The number of hydrogen-bond acceptors (Lipinski definition) is 4. The lowest BCUT2D eigenvalue weighted by Gasteiger charge is -2.23. The van der Waals surface area contributed by atoms with Crippen LogP contribution in [0.15, 0.2) is 24.3 Å². The molecule has 1 aliphatic rings. The number of benzene rings is 1. The second kappa shape index (κ2) is 10.2. The maximum Gasteiger partial charge on any atom is 0.300 e. The Morgan fingerprint density at radius 1 is 1.31 bits per heavy atom. The van der Waals surface area contributed by atoms with Crippen LogP contribution in [0.5, 0.6) is 0 Å². The van der Waals surface area contributed by atoms with Crippen molar-refractivity contribution in [3.63, 3.8) is 0 Å². The fraction of sp³-hybridized carbons (Fsp3) is 0.444. The molecule has 0 bridgehead atoms. The van der Waals surface area contributed by atoms with Crippen LogP contribution in [0.1, 0.15) is 44.2 Å². The number of hydrogen-bond donors (Lipinski definition) is 4. The van der Waals surface area contributed by atoms with Gasteiger partial charge in [0.05, 0.1) is 0 Å². The lowest BCUT2D eigenvalue weighted by molar-refractivity contribution is -0.138. The fourth-order valence-electron chi connectivity index (χ4n) is 2.65. The predicted octanol–water partition coefficient (Wildman–Crippen LogP) is 1.08. The van der Waals surface area contributed by atoms with Gasteiger partial charge in [-0.1, -0.05) is 31.2 Å². The monoisotopic (exact) mass is 362 g/mol. The molecule has 5 N–H and O–H groups in total. The summed E-state index contributed by atoms with van der Waals surface area (Å²) in [6, 6.07) is 6.84. The lowest BCUT2D eigenvalue weighted by Crippen LogP contribution is -2.45. The second-order valence-electron chi connectivity index (χ2n) is 5.95. The number of nitrogen functional groups attached to an aromatic ring is 1. The van der Waals surface area contributed by atoms with E-state index in [2.05, 4.69) is 5.32 Å². The van der Waals surface area contributed by atoms with Crippen molar-refractivity contribution in [3.8, 4) is 0 Å². The number of carboxylic acid groups (broad SMARTS) is 1. The van der Waals surface area contributed by atoms with Gasteiger partial charge in [-0.15, -0.1) is 0 Å². The average molecular weight is 362 g/mol. The first-order valence-corrected chi connectivity index (χ1v) is 8.46. The molecular weight excluding hydrogens is 336 g/mol. The Hall–Kier alpha value is -2.90. The Kier molecular flexibility index (Phi) is 8.27. The maximum absolute atomic E-state index is 12.3. The Morgan fingerprint density at radius 3 is 2.38 bits per heavy atom.